The van der Waals surface area contributed by atoms with Gasteiger partial charge in [0.05, 0.1) is 35.2 Å². The molecule has 216 valence electrons. The second-order valence-corrected chi connectivity index (χ2v) is 11.3. The number of nitrogens with two attached hydrogens (primary N) is 1. The first-order chi connectivity index (χ1) is 18.2. The van der Waals surface area contributed by atoms with Gasteiger partial charge in [0.15, 0.2) is 0 Å². The monoisotopic (exact) mass is 564 g/mol. The van der Waals surface area contributed by atoms with Crippen molar-refractivity contribution in [1.29, 1.82) is 0 Å². The van der Waals surface area contributed by atoms with E-state index in [2.05, 4.69) is 20.4 Å². The number of carbonyl (C=O) groups is 1. The molecule has 2 saturated carbocycles. The summed E-state index contributed by atoms with van der Waals surface area (Å²) in [7, 11) is 0. The van der Waals surface area contributed by atoms with E-state index >= 15 is 0 Å². The van der Waals surface area contributed by atoms with Crippen LogP contribution in [-0.4, -0.2) is 50.1 Å². The largest absolute Gasteiger partial charge is 0.393 e. The van der Waals surface area contributed by atoms with Gasteiger partial charge >= 0.3 is 6.18 Å². The van der Waals surface area contributed by atoms with E-state index in [0.717, 1.165) is 0 Å². The molecule has 2 aromatic heterocycles. The van der Waals surface area contributed by atoms with Crippen LogP contribution in [0.3, 0.4) is 0 Å². The van der Waals surface area contributed by atoms with Crippen LogP contribution < -0.4 is 11.1 Å². The fraction of sp³-hybridized carbons (Fsp3) is 0.760. The van der Waals surface area contributed by atoms with Crippen LogP contribution in [0.5, 0.6) is 0 Å². The van der Waals surface area contributed by atoms with Gasteiger partial charge in [-0.2, -0.15) is 18.3 Å². The summed E-state index contributed by atoms with van der Waals surface area (Å²) in [5.41, 5.74) is 7.37. The fourth-order valence-corrected chi connectivity index (χ4v) is 6.05. The number of carbonyl (C=O) groups excluding carboxylic acids is 1. The second kappa shape index (κ2) is 10.2. The van der Waals surface area contributed by atoms with Crippen LogP contribution in [0, 0.1) is 17.8 Å². The van der Waals surface area contributed by atoms with E-state index < -0.39 is 60.7 Å². The molecule has 5 rings (SSSR count). The second-order valence-electron chi connectivity index (χ2n) is 11.3. The minimum atomic E-state index is -4.47. The van der Waals surface area contributed by atoms with Crippen molar-refractivity contribution < 1.29 is 35.5 Å². The lowest BCUT2D eigenvalue weighted by Gasteiger charge is -2.31. The SMILES string of the molecule is N[C@H](c1cn2nc(C[C@H]3C[C@@H](C(F)(F)F)CNC3=O)c(C3CCC(F)(F)CC3)nc2n1)C1CCC(F)(F)CC1. The standard InChI is InChI=1S/C25H31F7N6O/c26-23(27)5-1-13(2-6-23)19(33)18-12-38-22(35-18)36-20(14-3-7-24(28,29)8-4-14)17(37-38)10-15-9-16(25(30,31)32)11-34-21(15)39/h12-16,19H,1-11,33H2,(H,34,39)/t15-,16-,19+/m1/s1. The van der Waals surface area contributed by atoms with Crippen LogP contribution in [0.4, 0.5) is 30.7 Å². The minimum Gasteiger partial charge on any atom is -0.355 e. The molecule has 3 N–H and O–H groups in total. The Labute approximate surface area is 220 Å². The molecule has 2 aliphatic carbocycles. The lowest BCUT2D eigenvalue weighted by molar-refractivity contribution is -0.183. The highest BCUT2D eigenvalue weighted by atomic mass is 19.4. The van der Waals surface area contributed by atoms with E-state index in [1.54, 1.807) is 0 Å². The molecule has 0 bridgehead atoms. The zero-order valence-corrected chi connectivity index (χ0v) is 21.2. The molecular formula is C25H31F7N6O. The topological polar surface area (TPSA) is 98.2 Å². The quantitative estimate of drug-likeness (QED) is 0.493. The first-order valence-electron chi connectivity index (χ1n) is 13.3. The fourth-order valence-electron chi connectivity index (χ4n) is 6.05. The predicted molar refractivity (Wildman–Crippen MR) is 125 cm³/mol. The normalized spacial score (nSPS) is 27.4. The maximum absolute atomic E-state index is 13.9. The first-order valence-corrected chi connectivity index (χ1v) is 13.3. The van der Waals surface area contributed by atoms with Crippen LogP contribution in [-0.2, 0) is 11.2 Å². The van der Waals surface area contributed by atoms with Gasteiger partial charge in [-0.15, -0.1) is 0 Å². The molecule has 0 unspecified atom stereocenters. The number of imidazole rings is 1. The summed E-state index contributed by atoms with van der Waals surface area (Å²) in [5.74, 6) is -9.27. The highest BCUT2D eigenvalue weighted by molar-refractivity contribution is 5.79. The maximum Gasteiger partial charge on any atom is 0.393 e. The molecule has 3 heterocycles. The molecule has 39 heavy (non-hydrogen) atoms. The summed E-state index contributed by atoms with van der Waals surface area (Å²) >= 11 is 0. The average molecular weight is 565 g/mol. The zero-order valence-electron chi connectivity index (χ0n) is 21.2. The van der Waals surface area contributed by atoms with Crippen molar-refractivity contribution in [2.45, 2.75) is 94.2 Å². The molecule has 0 aromatic carbocycles. The number of hydrogen-bond donors (Lipinski definition) is 2. The summed E-state index contributed by atoms with van der Waals surface area (Å²) in [5, 5.41) is 6.86. The van der Waals surface area contributed by atoms with Crippen LogP contribution in [0.2, 0.25) is 0 Å². The smallest absolute Gasteiger partial charge is 0.355 e. The van der Waals surface area contributed by atoms with Crippen molar-refractivity contribution >= 4 is 11.7 Å². The van der Waals surface area contributed by atoms with Gasteiger partial charge in [-0.1, -0.05) is 0 Å². The van der Waals surface area contributed by atoms with E-state index in [1.807, 2.05) is 0 Å². The van der Waals surface area contributed by atoms with E-state index in [-0.39, 0.29) is 75.2 Å². The molecule has 0 spiro atoms. The van der Waals surface area contributed by atoms with Gasteiger partial charge in [0, 0.05) is 50.5 Å². The Balaban J connectivity index is 1.45. The molecule has 14 heteroatoms. The molecule has 2 aromatic rings. The first kappa shape index (κ1) is 28.0. The summed E-state index contributed by atoms with van der Waals surface area (Å²) in [6.45, 7) is -0.496. The van der Waals surface area contributed by atoms with Crippen molar-refractivity contribution in [2.24, 2.45) is 23.5 Å². The Bertz CT molecular complexity index is 1200. The summed E-state index contributed by atoms with van der Waals surface area (Å²) in [6.07, 6.45) is -4.09. The third kappa shape index (κ3) is 6.14. The number of fused-ring (bicyclic) bond motifs is 1. The Morgan fingerprint density at radius 2 is 1.64 bits per heavy atom. The number of aromatic nitrogens is 4. The lowest BCUT2D eigenvalue weighted by Crippen LogP contribution is -2.47. The van der Waals surface area contributed by atoms with Crippen molar-refractivity contribution in [3.05, 3.63) is 23.3 Å². The molecule has 0 radical (unpaired) electrons. The third-order valence-corrected chi connectivity index (χ3v) is 8.51. The number of rotatable bonds is 5. The van der Waals surface area contributed by atoms with E-state index in [1.165, 1.54) is 10.7 Å². The molecule has 7 nitrogen and oxygen atoms in total. The van der Waals surface area contributed by atoms with Crippen molar-refractivity contribution in [3.8, 4) is 0 Å². The van der Waals surface area contributed by atoms with Crippen molar-refractivity contribution in [2.75, 3.05) is 6.54 Å². The molecule has 1 aliphatic heterocycles. The number of halogens is 7. The Morgan fingerprint density at radius 3 is 2.26 bits per heavy atom. The summed E-state index contributed by atoms with van der Waals surface area (Å²) in [4.78, 5) is 21.6. The summed E-state index contributed by atoms with van der Waals surface area (Å²) in [6, 6.07) is -0.651. The average Bonchev–Trinajstić information content (AvgIpc) is 3.27. The van der Waals surface area contributed by atoms with Gasteiger partial charge in [-0.05, 0) is 38.0 Å². The number of alkyl halides is 7. The van der Waals surface area contributed by atoms with E-state index in [0.29, 0.717) is 11.4 Å². The van der Waals surface area contributed by atoms with E-state index in [9.17, 15) is 35.5 Å². The van der Waals surface area contributed by atoms with Crippen LogP contribution in [0.1, 0.15) is 86.8 Å². The van der Waals surface area contributed by atoms with Crippen LogP contribution in [0.15, 0.2) is 6.20 Å². The van der Waals surface area contributed by atoms with Gasteiger partial charge < -0.3 is 11.1 Å². The molecule has 3 fully saturated rings. The number of piperidine rings is 1. The highest BCUT2D eigenvalue weighted by Gasteiger charge is 2.45. The number of amides is 1. The molecule has 1 amide bonds. The predicted octanol–water partition coefficient (Wildman–Crippen LogP) is 5.10. The molecule has 3 aliphatic rings. The maximum atomic E-state index is 13.9. The highest BCUT2D eigenvalue weighted by Crippen LogP contribution is 2.43. The van der Waals surface area contributed by atoms with Crippen molar-refractivity contribution in [1.82, 2.24) is 24.9 Å². The van der Waals surface area contributed by atoms with Gasteiger partial charge in [0.1, 0.15) is 0 Å². The number of hydrogen-bond acceptors (Lipinski definition) is 5. The molecular weight excluding hydrogens is 533 g/mol. The number of nitrogens with one attached hydrogen (secondary N) is 1. The Morgan fingerprint density at radius 1 is 1.03 bits per heavy atom. The Hall–Kier alpha value is -2.51. The number of nitrogens with zero attached hydrogens (tertiary/aromatic N) is 4. The summed E-state index contributed by atoms with van der Waals surface area (Å²) < 4.78 is 96.5. The van der Waals surface area contributed by atoms with Gasteiger partial charge in [0.25, 0.3) is 5.78 Å². The zero-order chi connectivity index (χ0) is 28.2. The van der Waals surface area contributed by atoms with Crippen molar-refractivity contribution in [3.63, 3.8) is 0 Å². The van der Waals surface area contributed by atoms with Crippen LogP contribution in [0.25, 0.3) is 5.78 Å². The molecule has 1 saturated heterocycles. The van der Waals surface area contributed by atoms with Gasteiger partial charge in [-0.3, -0.25) is 4.79 Å². The minimum absolute atomic E-state index is 0.107. The third-order valence-electron chi connectivity index (χ3n) is 8.51. The van der Waals surface area contributed by atoms with Crippen LogP contribution >= 0.6 is 0 Å². The van der Waals surface area contributed by atoms with E-state index in [4.69, 9.17) is 5.73 Å². The Kier molecular flexibility index (Phi) is 7.30. The molecule has 3 atom stereocenters. The lowest BCUT2D eigenvalue weighted by atomic mass is 9.81. The van der Waals surface area contributed by atoms with Gasteiger partial charge in [0.2, 0.25) is 17.8 Å². The van der Waals surface area contributed by atoms with Gasteiger partial charge in [-0.25, -0.2) is 32.0 Å².